The van der Waals surface area contributed by atoms with E-state index in [1.807, 2.05) is 0 Å². The number of rotatable bonds is 36. The fourth-order valence-electron chi connectivity index (χ4n) is 7.50. The molecule has 4 unspecified atom stereocenters. The normalized spacial score (nSPS) is 27.4. The molecule has 0 amide bonds. The van der Waals surface area contributed by atoms with E-state index in [-0.39, 0.29) is 26.1 Å². The second-order valence-electron chi connectivity index (χ2n) is 16.9. The van der Waals surface area contributed by atoms with Crippen molar-refractivity contribution in [2.24, 2.45) is 0 Å². The number of aliphatic hydroxyl groups excluding tert-OH is 7. The molecule has 2 fully saturated rings. The Kier molecular flexibility index (Phi) is 31.4. The lowest BCUT2D eigenvalue weighted by Crippen LogP contribution is -2.61. The molecular formula is C46H84O15. The molecule has 2 saturated heterocycles. The highest BCUT2D eigenvalue weighted by Gasteiger charge is 2.47. The molecule has 2 aliphatic rings. The number of carbonyl (C=O) groups is 2. The maximum atomic E-state index is 12.9. The maximum Gasteiger partial charge on any atom is 0.306 e. The fourth-order valence-corrected chi connectivity index (χ4v) is 7.50. The number of unbranched alkanes of at least 4 members (excludes halogenated alkanes) is 20. The molecule has 0 spiro atoms. The van der Waals surface area contributed by atoms with Gasteiger partial charge >= 0.3 is 11.9 Å². The Hall–Kier alpha value is -1.76. The molecule has 2 aliphatic heterocycles. The Morgan fingerprint density at radius 2 is 0.934 bits per heavy atom. The summed E-state index contributed by atoms with van der Waals surface area (Å²) in [6.45, 7) is 2.55. The van der Waals surface area contributed by atoms with Gasteiger partial charge in [0, 0.05) is 12.8 Å². The molecule has 2 rings (SSSR count). The van der Waals surface area contributed by atoms with Gasteiger partial charge in [0.15, 0.2) is 18.7 Å². The average Bonchev–Trinajstić information content (AvgIpc) is 3.25. The van der Waals surface area contributed by atoms with Crippen molar-refractivity contribution in [1.82, 2.24) is 0 Å². The van der Waals surface area contributed by atoms with Crippen LogP contribution in [0.2, 0.25) is 0 Å². The first-order valence-electron chi connectivity index (χ1n) is 23.8. The van der Waals surface area contributed by atoms with Crippen LogP contribution in [0.1, 0.15) is 174 Å². The lowest BCUT2D eigenvalue weighted by Gasteiger charge is -2.42. The summed E-state index contributed by atoms with van der Waals surface area (Å²) in [5.74, 6) is -0.930. The number of ether oxygens (including phenoxy) is 6. The summed E-state index contributed by atoms with van der Waals surface area (Å²) in [4.78, 5) is 25.6. The minimum atomic E-state index is -1.76. The first-order valence-corrected chi connectivity index (χ1v) is 23.8. The molecule has 0 aromatic heterocycles. The van der Waals surface area contributed by atoms with Crippen LogP contribution in [-0.4, -0.2) is 142 Å². The third kappa shape index (κ3) is 23.7. The molecule has 15 nitrogen and oxygen atoms in total. The molecule has 0 aromatic carbocycles. The summed E-state index contributed by atoms with van der Waals surface area (Å²) in [5, 5.41) is 71.9. The molecule has 0 aromatic rings. The quantitative estimate of drug-likeness (QED) is 0.0236. The van der Waals surface area contributed by atoms with E-state index in [9.17, 15) is 45.3 Å². The van der Waals surface area contributed by atoms with E-state index in [4.69, 9.17) is 28.4 Å². The van der Waals surface area contributed by atoms with Gasteiger partial charge in [-0.3, -0.25) is 9.59 Å². The number of esters is 2. The van der Waals surface area contributed by atoms with Gasteiger partial charge in [0.05, 0.1) is 19.8 Å². The summed E-state index contributed by atoms with van der Waals surface area (Å²) in [5.41, 5.74) is 0. The molecule has 7 N–H and O–H groups in total. The van der Waals surface area contributed by atoms with E-state index < -0.39 is 92.7 Å². The van der Waals surface area contributed by atoms with Crippen LogP contribution in [0, 0.1) is 0 Å². The zero-order valence-electron chi connectivity index (χ0n) is 37.4. The van der Waals surface area contributed by atoms with E-state index in [1.165, 1.54) is 77.0 Å². The Morgan fingerprint density at radius 1 is 0.508 bits per heavy atom. The first-order chi connectivity index (χ1) is 29.5. The van der Waals surface area contributed by atoms with Crippen molar-refractivity contribution in [3.05, 3.63) is 12.2 Å². The third-order valence-corrected chi connectivity index (χ3v) is 11.5. The Morgan fingerprint density at radius 3 is 1.48 bits per heavy atom. The summed E-state index contributed by atoms with van der Waals surface area (Å²) in [7, 11) is 0. The number of hydrogen-bond acceptors (Lipinski definition) is 15. The molecule has 0 aliphatic carbocycles. The van der Waals surface area contributed by atoms with E-state index >= 15 is 0 Å². The zero-order chi connectivity index (χ0) is 44.7. The van der Waals surface area contributed by atoms with Crippen LogP contribution < -0.4 is 0 Å². The smallest absolute Gasteiger partial charge is 0.306 e. The summed E-state index contributed by atoms with van der Waals surface area (Å²) in [6, 6.07) is 0. The van der Waals surface area contributed by atoms with Crippen molar-refractivity contribution in [2.45, 2.75) is 242 Å². The highest BCUT2D eigenvalue weighted by atomic mass is 16.7. The second kappa shape index (κ2) is 34.6. The molecule has 15 heteroatoms. The van der Waals surface area contributed by atoms with Crippen LogP contribution in [-0.2, 0) is 38.0 Å². The van der Waals surface area contributed by atoms with Crippen molar-refractivity contribution < 1.29 is 73.8 Å². The summed E-state index contributed by atoms with van der Waals surface area (Å²) in [6.07, 6.45) is 13.9. The van der Waals surface area contributed by atoms with Gasteiger partial charge in [0.25, 0.3) is 0 Å². The van der Waals surface area contributed by atoms with Crippen molar-refractivity contribution in [3.8, 4) is 0 Å². The Bertz CT molecular complexity index is 1120. The van der Waals surface area contributed by atoms with Crippen LogP contribution in [0.15, 0.2) is 12.2 Å². The summed E-state index contributed by atoms with van der Waals surface area (Å²) >= 11 is 0. The summed E-state index contributed by atoms with van der Waals surface area (Å²) < 4.78 is 33.5. The van der Waals surface area contributed by atoms with Crippen LogP contribution in [0.5, 0.6) is 0 Å². The van der Waals surface area contributed by atoms with E-state index in [1.54, 1.807) is 0 Å². The minimum absolute atomic E-state index is 0.158. The SMILES string of the molecule is CCCCC/C=C/CCCCCCCC(=O)O[C@H](COC(=O)CCCCCCCCCCCCCCC)CO[C@@H]1O[C@H](CO[C@@H]2O[C@H](CO)[C@H](O)C(O)C2O)[C@H](O)C(O)C1O. The number of hydrogen-bond donors (Lipinski definition) is 7. The Balaban J connectivity index is 1.85. The van der Waals surface area contributed by atoms with Gasteiger partial charge in [-0.1, -0.05) is 135 Å². The highest BCUT2D eigenvalue weighted by Crippen LogP contribution is 2.26. The van der Waals surface area contributed by atoms with Crippen molar-refractivity contribution >= 4 is 11.9 Å². The molecule has 0 saturated carbocycles. The lowest BCUT2D eigenvalue weighted by atomic mass is 9.98. The molecule has 61 heavy (non-hydrogen) atoms. The number of carbonyl (C=O) groups excluding carboxylic acids is 2. The fraction of sp³-hybridized carbons (Fsp3) is 0.913. The maximum absolute atomic E-state index is 12.9. The molecule has 0 bridgehead atoms. The molecule has 2 heterocycles. The lowest BCUT2D eigenvalue weighted by molar-refractivity contribution is -0.332. The standard InChI is InChI=1S/C46H84O15/c1-3-5-7-9-11-13-15-17-19-20-22-24-26-28-37(48)56-31-34(59-38(49)29-27-25-23-21-18-16-14-12-10-8-6-4-2)32-57-45-44(55)42(53)40(51)36(61-45)33-58-46-43(54)41(52)39(50)35(30-47)60-46/h12,14,34-36,39-47,50-55H,3-11,13,15-33H2,1-2H3/b14-12+/t34-,35-,36-,39+,40+,41?,42?,43?,44?,45-,46-/m1/s1. The second-order valence-corrected chi connectivity index (χ2v) is 16.9. The molecule has 358 valence electrons. The van der Waals surface area contributed by atoms with E-state index in [0.29, 0.717) is 12.8 Å². The van der Waals surface area contributed by atoms with Gasteiger partial charge < -0.3 is 64.2 Å². The van der Waals surface area contributed by atoms with Crippen LogP contribution >= 0.6 is 0 Å². The van der Waals surface area contributed by atoms with E-state index in [2.05, 4.69) is 26.0 Å². The average molecular weight is 877 g/mol. The zero-order valence-corrected chi connectivity index (χ0v) is 37.4. The largest absolute Gasteiger partial charge is 0.462 e. The van der Waals surface area contributed by atoms with Crippen molar-refractivity contribution in [3.63, 3.8) is 0 Å². The first kappa shape index (κ1) is 55.4. The number of aliphatic hydroxyl groups is 7. The van der Waals surface area contributed by atoms with Gasteiger partial charge in [-0.15, -0.1) is 0 Å². The molecule has 11 atom stereocenters. The monoisotopic (exact) mass is 877 g/mol. The molecular weight excluding hydrogens is 792 g/mol. The van der Waals surface area contributed by atoms with Gasteiger partial charge in [0.2, 0.25) is 0 Å². The third-order valence-electron chi connectivity index (χ3n) is 11.5. The van der Waals surface area contributed by atoms with Crippen molar-refractivity contribution in [1.29, 1.82) is 0 Å². The van der Waals surface area contributed by atoms with Gasteiger partial charge in [0.1, 0.15) is 55.4 Å². The van der Waals surface area contributed by atoms with Gasteiger partial charge in [-0.25, -0.2) is 0 Å². The van der Waals surface area contributed by atoms with Gasteiger partial charge in [-0.2, -0.15) is 0 Å². The molecule has 0 radical (unpaired) electrons. The predicted octanol–water partition coefficient (Wildman–Crippen LogP) is 5.43. The van der Waals surface area contributed by atoms with Crippen LogP contribution in [0.3, 0.4) is 0 Å². The minimum Gasteiger partial charge on any atom is -0.462 e. The Labute approximate surface area is 365 Å². The topological polar surface area (TPSA) is 231 Å². The highest BCUT2D eigenvalue weighted by molar-refractivity contribution is 5.70. The van der Waals surface area contributed by atoms with Gasteiger partial charge in [-0.05, 0) is 38.5 Å². The number of allylic oxidation sites excluding steroid dienone is 2. The van der Waals surface area contributed by atoms with E-state index in [0.717, 1.165) is 57.8 Å². The van der Waals surface area contributed by atoms with Crippen LogP contribution in [0.25, 0.3) is 0 Å². The van der Waals surface area contributed by atoms with Crippen LogP contribution in [0.4, 0.5) is 0 Å². The predicted molar refractivity (Wildman–Crippen MR) is 229 cm³/mol. The van der Waals surface area contributed by atoms with Crippen molar-refractivity contribution in [2.75, 3.05) is 26.4 Å².